The largest absolute Gasteiger partial charge is 0.377 e. The molecule has 0 aliphatic rings. The van der Waals surface area contributed by atoms with Crippen molar-refractivity contribution in [1.29, 1.82) is 0 Å². The molecule has 0 radical (unpaired) electrons. The third-order valence-electron chi connectivity index (χ3n) is 2.85. The molecule has 2 rings (SSSR count). The minimum atomic E-state index is -0.419. The van der Waals surface area contributed by atoms with Gasteiger partial charge in [-0.3, -0.25) is 9.59 Å². The van der Waals surface area contributed by atoms with E-state index in [0.717, 1.165) is 11.1 Å². The van der Waals surface area contributed by atoms with Crippen molar-refractivity contribution in [2.24, 2.45) is 5.73 Å². The first-order valence-electron chi connectivity index (χ1n) is 5.45. The fourth-order valence-electron chi connectivity index (χ4n) is 1.78. The topological polar surface area (TPSA) is 72.2 Å². The summed E-state index contributed by atoms with van der Waals surface area (Å²) in [5.74, 6) is 0. The van der Waals surface area contributed by atoms with Gasteiger partial charge in [0.15, 0.2) is 0 Å². The Morgan fingerprint density at radius 3 is 2.53 bits per heavy atom. The van der Waals surface area contributed by atoms with E-state index < -0.39 is 5.43 Å². The Kier molecular flexibility index (Phi) is 3.06. The molecule has 0 saturated carbocycles. The summed E-state index contributed by atoms with van der Waals surface area (Å²) in [5, 5.41) is 2.99. The summed E-state index contributed by atoms with van der Waals surface area (Å²) in [5.41, 5.74) is 7.79. The zero-order chi connectivity index (χ0) is 12.4. The molecule has 17 heavy (non-hydrogen) atoms. The highest BCUT2D eigenvalue weighted by Crippen LogP contribution is 2.10. The maximum Gasteiger partial charge on any atom is 0.249 e. The highest BCUT2D eigenvalue weighted by Gasteiger charge is 2.15. The fraction of sp³-hybridized carbons (Fsp3) is 0.231. The molecule has 0 unspecified atom stereocenters. The summed E-state index contributed by atoms with van der Waals surface area (Å²) < 4.78 is 0. The van der Waals surface area contributed by atoms with Crippen LogP contribution >= 0.6 is 0 Å². The van der Waals surface area contributed by atoms with Gasteiger partial charge in [0.25, 0.3) is 0 Å². The fourth-order valence-corrected chi connectivity index (χ4v) is 1.78. The van der Waals surface area contributed by atoms with Gasteiger partial charge < -0.3 is 11.1 Å². The molecular formula is C13H14N2O2. The lowest BCUT2D eigenvalue weighted by molar-refractivity contribution is 1.04. The lowest BCUT2D eigenvalue weighted by Gasteiger charge is -2.10. The van der Waals surface area contributed by atoms with E-state index in [0.29, 0.717) is 24.3 Å². The molecule has 0 aliphatic heterocycles. The van der Waals surface area contributed by atoms with Crippen molar-refractivity contribution in [3.8, 4) is 0 Å². The van der Waals surface area contributed by atoms with E-state index in [2.05, 4.69) is 5.32 Å². The molecule has 0 heterocycles. The molecule has 0 aromatic heterocycles. The summed E-state index contributed by atoms with van der Waals surface area (Å²) in [6.45, 7) is 2.68. The van der Waals surface area contributed by atoms with Crippen molar-refractivity contribution < 1.29 is 0 Å². The van der Waals surface area contributed by atoms with E-state index in [1.807, 2.05) is 24.3 Å². The molecule has 88 valence electrons. The van der Waals surface area contributed by atoms with Crippen molar-refractivity contribution in [2.75, 3.05) is 5.32 Å². The van der Waals surface area contributed by atoms with Crippen molar-refractivity contribution in [3.63, 3.8) is 0 Å². The molecule has 4 nitrogen and oxygen atoms in total. The van der Waals surface area contributed by atoms with Gasteiger partial charge in [-0.25, -0.2) is 0 Å². The lowest BCUT2D eigenvalue weighted by Crippen LogP contribution is -2.36. The summed E-state index contributed by atoms with van der Waals surface area (Å²) in [7, 11) is 0. The van der Waals surface area contributed by atoms with Crippen LogP contribution in [-0.2, 0) is 13.1 Å². The molecule has 3 N–H and O–H groups in total. The van der Waals surface area contributed by atoms with Crippen LogP contribution in [0.1, 0.15) is 16.7 Å². The molecule has 0 amide bonds. The van der Waals surface area contributed by atoms with Crippen LogP contribution in [0.15, 0.2) is 33.9 Å². The van der Waals surface area contributed by atoms with Crippen LogP contribution in [-0.4, -0.2) is 0 Å². The summed E-state index contributed by atoms with van der Waals surface area (Å²) >= 11 is 0. The van der Waals surface area contributed by atoms with Gasteiger partial charge in [-0.15, -0.1) is 0 Å². The van der Waals surface area contributed by atoms with E-state index in [1.54, 1.807) is 6.92 Å². The SMILES string of the molecule is Cc1c(NCc2cccc(CN)c2)c(=O)c1=O. The third-order valence-corrected chi connectivity index (χ3v) is 2.85. The maximum absolute atomic E-state index is 11.2. The zero-order valence-corrected chi connectivity index (χ0v) is 9.62. The highest BCUT2D eigenvalue weighted by atomic mass is 16.2. The van der Waals surface area contributed by atoms with Crippen LogP contribution in [0.3, 0.4) is 0 Å². The number of rotatable bonds is 4. The van der Waals surface area contributed by atoms with Crippen molar-refractivity contribution in [3.05, 3.63) is 61.4 Å². The average molecular weight is 230 g/mol. The third kappa shape index (κ3) is 2.12. The Labute approximate surface area is 98.8 Å². The monoisotopic (exact) mass is 230 g/mol. The summed E-state index contributed by atoms with van der Waals surface area (Å²) in [6, 6.07) is 7.81. The van der Waals surface area contributed by atoms with Gasteiger partial charge in [0.2, 0.25) is 10.9 Å². The number of hydrogen-bond donors (Lipinski definition) is 2. The molecule has 0 aliphatic carbocycles. The van der Waals surface area contributed by atoms with Crippen LogP contribution in [0.25, 0.3) is 0 Å². The Morgan fingerprint density at radius 1 is 1.18 bits per heavy atom. The molecule has 0 fully saturated rings. The predicted molar refractivity (Wildman–Crippen MR) is 67.8 cm³/mol. The van der Waals surface area contributed by atoms with Gasteiger partial charge in [0.1, 0.15) is 0 Å². The van der Waals surface area contributed by atoms with Gasteiger partial charge in [-0.05, 0) is 18.1 Å². The van der Waals surface area contributed by atoms with E-state index in [9.17, 15) is 9.59 Å². The summed E-state index contributed by atoms with van der Waals surface area (Å²) in [6.07, 6.45) is 0. The van der Waals surface area contributed by atoms with Gasteiger partial charge in [0.05, 0.1) is 5.69 Å². The van der Waals surface area contributed by atoms with E-state index in [1.165, 1.54) is 0 Å². The zero-order valence-electron chi connectivity index (χ0n) is 9.62. The van der Waals surface area contributed by atoms with Gasteiger partial charge in [0, 0.05) is 18.7 Å². The number of benzene rings is 1. The maximum atomic E-state index is 11.2. The highest BCUT2D eigenvalue weighted by molar-refractivity contribution is 5.55. The van der Waals surface area contributed by atoms with Crippen LogP contribution in [0.2, 0.25) is 0 Å². The van der Waals surface area contributed by atoms with E-state index in [4.69, 9.17) is 5.73 Å². The second-order valence-electron chi connectivity index (χ2n) is 4.04. The number of nitrogens with two attached hydrogens (primary N) is 1. The Balaban J connectivity index is 2.08. The first-order chi connectivity index (χ1) is 8.13. The second kappa shape index (κ2) is 4.51. The first kappa shape index (κ1) is 11.5. The van der Waals surface area contributed by atoms with Crippen LogP contribution in [0.5, 0.6) is 0 Å². The quantitative estimate of drug-likeness (QED) is 0.757. The van der Waals surface area contributed by atoms with Gasteiger partial charge in [-0.1, -0.05) is 24.3 Å². The Hall–Kier alpha value is -1.94. The van der Waals surface area contributed by atoms with Crippen molar-refractivity contribution in [1.82, 2.24) is 0 Å². The normalized spacial score (nSPS) is 10.7. The average Bonchev–Trinajstić information content (AvgIpc) is 2.38. The van der Waals surface area contributed by atoms with E-state index >= 15 is 0 Å². The van der Waals surface area contributed by atoms with Crippen molar-refractivity contribution >= 4 is 5.69 Å². The number of hydrogen-bond acceptors (Lipinski definition) is 4. The standard InChI is InChI=1S/C13H14N2O2/c1-8-11(13(17)12(8)16)15-7-10-4-2-3-9(5-10)6-14/h2-5,15H,6-7,14H2,1H3. The van der Waals surface area contributed by atoms with Crippen molar-refractivity contribution in [2.45, 2.75) is 20.0 Å². The van der Waals surface area contributed by atoms with E-state index in [-0.39, 0.29) is 5.43 Å². The lowest BCUT2D eigenvalue weighted by atomic mass is 10.1. The number of anilines is 1. The molecular weight excluding hydrogens is 216 g/mol. The molecule has 2 aromatic carbocycles. The molecule has 0 bridgehead atoms. The summed E-state index contributed by atoms with van der Waals surface area (Å²) in [4.78, 5) is 22.2. The Bertz CT molecular complexity index is 610. The van der Waals surface area contributed by atoms with Gasteiger partial charge >= 0.3 is 0 Å². The molecule has 0 spiro atoms. The first-order valence-corrected chi connectivity index (χ1v) is 5.45. The molecule has 0 atom stereocenters. The Morgan fingerprint density at radius 2 is 1.88 bits per heavy atom. The smallest absolute Gasteiger partial charge is 0.249 e. The van der Waals surface area contributed by atoms with Gasteiger partial charge in [-0.2, -0.15) is 0 Å². The molecule has 0 saturated heterocycles. The minimum Gasteiger partial charge on any atom is -0.377 e. The second-order valence-corrected chi connectivity index (χ2v) is 4.04. The van der Waals surface area contributed by atoms with Crippen LogP contribution in [0, 0.1) is 6.92 Å². The van der Waals surface area contributed by atoms with Crippen LogP contribution < -0.4 is 21.9 Å². The molecule has 4 heteroatoms. The minimum absolute atomic E-state index is 0.386. The molecule has 2 aromatic rings. The van der Waals surface area contributed by atoms with Crippen LogP contribution in [0.4, 0.5) is 5.69 Å². The predicted octanol–water partition coefficient (Wildman–Crippen LogP) is 0.662. The number of nitrogens with one attached hydrogen (secondary N) is 1.